The molecule has 6 nitrogen and oxygen atoms in total. The van der Waals surface area contributed by atoms with E-state index in [4.69, 9.17) is 11.6 Å². The van der Waals surface area contributed by atoms with Crippen LogP contribution in [-0.2, 0) is 24.6 Å². The van der Waals surface area contributed by atoms with Crippen LogP contribution in [0.5, 0.6) is 5.75 Å². The maximum absolute atomic E-state index is 15.1. The van der Waals surface area contributed by atoms with Gasteiger partial charge in [-0.15, -0.1) is 0 Å². The number of fused-ring (bicyclic) bond motifs is 4. The van der Waals surface area contributed by atoms with E-state index in [9.17, 15) is 19.5 Å². The summed E-state index contributed by atoms with van der Waals surface area (Å²) in [5, 5.41) is 12.0. The first kappa shape index (κ1) is 30.7. The number of amides is 2. The molecule has 0 radical (unpaired) electrons. The zero-order chi connectivity index (χ0) is 33.3. The number of phenolic OH excluding ortho intramolecular Hbond substituents is 1. The first-order chi connectivity index (χ1) is 23.2. The Kier molecular flexibility index (Phi) is 7.38. The summed E-state index contributed by atoms with van der Waals surface area (Å²) in [6.07, 6.45) is 3.94. The molecule has 238 valence electrons. The van der Waals surface area contributed by atoms with Gasteiger partial charge in [-0.25, -0.2) is 0 Å². The van der Waals surface area contributed by atoms with E-state index >= 15 is 4.79 Å². The molecule has 4 aromatic carbocycles. The Morgan fingerprint density at radius 1 is 0.812 bits per heavy atom. The van der Waals surface area contributed by atoms with E-state index < -0.39 is 35.0 Å². The zero-order valence-corrected chi connectivity index (χ0v) is 27.9. The standard InChI is InChI=1S/C40H29BrClNO5/c41-24-11-18-33(44)31(19-24)36-27-16-17-28-35(39(48)43(38(28)47)26-14-12-25(42)13-15-26)30(27)20-32-37(46)29(22-7-3-1-4-8-22)21-34(45)40(32,36)23-9-5-2-6-10-23/h1-16,18-19,21,28,30,32,35-36,44H,17,20H2. The van der Waals surface area contributed by atoms with E-state index in [1.54, 1.807) is 42.5 Å². The van der Waals surface area contributed by atoms with Crippen LogP contribution in [0.25, 0.3) is 5.57 Å². The van der Waals surface area contributed by atoms with Gasteiger partial charge in [0.15, 0.2) is 11.6 Å². The largest absolute Gasteiger partial charge is 0.508 e. The third-order valence-corrected chi connectivity index (χ3v) is 11.5. The van der Waals surface area contributed by atoms with Crippen LogP contribution in [0.4, 0.5) is 5.69 Å². The number of hydrogen-bond donors (Lipinski definition) is 1. The van der Waals surface area contributed by atoms with E-state index in [0.29, 0.717) is 43.9 Å². The van der Waals surface area contributed by atoms with Crippen LogP contribution in [-0.4, -0.2) is 28.5 Å². The highest BCUT2D eigenvalue weighted by Gasteiger charge is 2.66. The molecule has 3 aliphatic carbocycles. The monoisotopic (exact) mass is 717 g/mol. The van der Waals surface area contributed by atoms with Crippen molar-refractivity contribution in [2.75, 3.05) is 4.90 Å². The summed E-state index contributed by atoms with van der Waals surface area (Å²) in [5.41, 5.74) is 1.94. The predicted octanol–water partition coefficient (Wildman–Crippen LogP) is 7.84. The first-order valence-corrected chi connectivity index (χ1v) is 17.1. The van der Waals surface area contributed by atoms with Crippen LogP contribution in [0.2, 0.25) is 5.02 Å². The maximum Gasteiger partial charge on any atom is 0.238 e. The van der Waals surface area contributed by atoms with E-state index in [1.165, 1.54) is 11.0 Å². The van der Waals surface area contributed by atoms with Crippen molar-refractivity contribution in [3.05, 3.63) is 147 Å². The number of anilines is 1. The number of imide groups is 1. The summed E-state index contributed by atoms with van der Waals surface area (Å²) >= 11 is 9.70. The summed E-state index contributed by atoms with van der Waals surface area (Å²) in [6, 6.07) is 30.2. The number of nitrogens with zero attached hydrogens (tertiary/aromatic N) is 1. The van der Waals surface area contributed by atoms with Gasteiger partial charge in [0, 0.05) is 32.5 Å². The molecule has 1 N–H and O–H groups in total. The first-order valence-electron chi connectivity index (χ1n) is 15.9. The fraction of sp³-hybridized carbons (Fsp3) is 0.200. The number of phenols is 1. The lowest BCUT2D eigenvalue weighted by Crippen LogP contribution is -2.58. The fourth-order valence-electron chi connectivity index (χ4n) is 8.82. The Morgan fingerprint density at radius 3 is 2.21 bits per heavy atom. The molecule has 2 fully saturated rings. The molecular weight excluding hydrogens is 690 g/mol. The van der Waals surface area contributed by atoms with Crippen LogP contribution < -0.4 is 4.90 Å². The molecule has 1 saturated carbocycles. The van der Waals surface area contributed by atoms with Crippen molar-refractivity contribution < 1.29 is 24.3 Å². The van der Waals surface area contributed by atoms with E-state index in [2.05, 4.69) is 15.9 Å². The fourth-order valence-corrected chi connectivity index (χ4v) is 9.32. The number of rotatable bonds is 4. The van der Waals surface area contributed by atoms with Gasteiger partial charge in [-0.2, -0.15) is 0 Å². The lowest BCUT2D eigenvalue weighted by atomic mass is 9.44. The number of carbonyl (C=O) groups excluding carboxylic acids is 4. The average molecular weight is 719 g/mol. The lowest BCUT2D eigenvalue weighted by molar-refractivity contribution is -0.135. The van der Waals surface area contributed by atoms with Gasteiger partial charge in [-0.1, -0.05) is 99.8 Å². The smallest absolute Gasteiger partial charge is 0.238 e. The molecule has 1 aliphatic heterocycles. The van der Waals surface area contributed by atoms with E-state index in [-0.39, 0.29) is 35.6 Å². The van der Waals surface area contributed by atoms with E-state index in [0.717, 1.165) is 5.57 Å². The van der Waals surface area contributed by atoms with Gasteiger partial charge in [-0.05, 0) is 78.4 Å². The Morgan fingerprint density at radius 2 is 1.50 bits per heavy atom. The minimum absolute atomic E-state index is 0.0179. The highest BCUT2D eigenvalue weighted by Crippen LogP contribution is 2.64. The van der Waals surface area contributed by atoms with Gasteiger partial charge in [-0.3, -0.25) is 24.1 Å². The summed E-state index contributed by atoms with van der Waals surface area (Å²) < 4.78 is 0.697. The van der Waals surface area contributed by atoms with Crippen molar-refractivity contribution in [2.45, 2.75) is 24.2 Å². The number of ketones is 2. The molecular formula is C40H29BrClNO5. The van der Waals surface area contributed by atoms with Crippen molar-refractivity contribution in [3.8, 4) is 5.75 Å². The van der Waals surface area contributed by atoms with Crippen molar-refractivity contribution in [2.24, 2.45) is 23.7 Å². The van der Waals surface area contributed by atoms with Crippen LogP contribution in [0.15, 0.2) is 125 Å². The minimum Gasteiger partial charge on any atom is -0.508 e. The second-order valence-electron chi connectivity index (χ2n) is 13.0. The summed E-state index contributed by atoms with van der Waals surface area (Å²) in [6.45, 7) is 0. The van der Waals surface area contributed by atoms with Gasteiger partial charge in [0.25, 0.3) is 0 Å². The third kappa shape index (κ3) is 4.44. The molecule has 8 heteroatoms. The second kappa shape index (κ2) is 11.5. The zero-order valence-electron chi connectivity index (χ0n) is 25.6. The molecule has 8 rings (SSSR count). The molecule has 0 aromatic heterocycles. The number of aromatic hydroxyl groups is 1. The van der Waals surface area contributed by atoms with Gasteiger partial charge in [0.2, 0.25) is 11.8 Å². The van der Waals surface area contributed by atoms with Gasteiger partial charge >= 0.3 is 0 Å². The summed E-state index contributed by atoms with van der Waals surface area (Å²) in [4.78, 5) is 59.6. The molecule has 0 spiro atoms. The molecule has 6 unspecified atom stereocenters. The van der Waals surface area contributed by atoms with Gasteiger partial charge in [0.05, 0.1) is 22.9 Å². The Balaban J connectivity index is 1.37. The molecule has 1 heterocycles. The van der Waals surface area contributed by atoms with Crippen molar-refractivity contribution >= 4 is 62.2 Å². The quantitative estimate of drug-likeness (QED) is 0.172. The highest BCUT2D eigenvalue weighted by atomic mass is 79.9. The van der Waals surface area contributed by atoms with Crippen molar-refractivity contribution in [3.63, 3.8) is 0 Å². The number of benzene rings is 4. The average Bonchev–Trinajstić information content (AvgIpc) is 3.36. The third-order valence-electron chi connectivity index (χ3n) is 10.8. The Hall–Kier alpha value is -4.59. The summed E-state index contributed by atoms with van der Waals surface area (Å²) in [5.74, 6) is -4.65. The van der Waals surface area contributed by atoms with E-state index in [1.807, 2.05) is 66.7 Å². The number of carbonyl (C=O) groups is 4. The maximum atomic E-state index is 15.1. The SMILES string of the molecule is O=C1C(c2ccccc2)=CC(=O)C2(c3ccccc3)C1CC1C(=CCC3C(=O)N(c4ccc(Cl)cc4)C(=O)C31)C2c1cc(Br)ccc1O. The lowest BCUT2D eigenvalue weighted by Gasteiger charge is -2.55. The normalized spacial score (nSPS) is 28.0. The molecule has 2 amide bonds. The number of allylic oxidation sites excluding steroid dienone is 4. The number of halogens is 2. The molecule has 6 atom stereocenters. The minimum atomic E-state index is -1.41. The number of hydrogen-bond acceptors (Lipinski definition) is 5. The van der Waals surface area contributed by atoms with Crippen LogP contribution >= 0.6 is 27.5 Å². The van der Waals surface area contributed by atoms with Crippen molar-refractivity contribution in [1.29, 1.82) is 0 Å². The molecule has 1 saturated heterocycles. The second-order valence-corrected chi connectivity index (χ2v) is 14.3. The Bertz CT molecular complexity index is 2080. The summed E-state index contributed by atoms with van der Waals surface area (Å²) in [7, 11) is 0. The molecule has 4 aliphatic rings. The van der Waals surface area contributed by atoms with Gasteiger partial charge in [0.1, 0.15) is 5.75 Å². The number of Topliss-reactive ketones (excluding diaryl/α,β-unsaturated/α-hetero) is 1. The Labute approximate surface area is 290 Å². The molecule has 0 bridgehead atoms. The highest BCUT2D eigenvalue weighted by molar-refractivity contribution is 9.10. The van der Waals surface area contributed by atoms with Gasteiger partial charge < -0.3 is 5.11 Å². The molecule has 4 aromatic rings. The molecule has 48 heavy (non-hydrogen) atoms. The van der Waals surface area contributed by atoms with Crippen LogP contribution in [0, 0.1) is 23.7 Å². The predicted molar refractivity (Wildman–Crippen MR) is 186 cm³/mol. The van der Waals surface area contributed by atoms with Crippen molar-refractivity contribution in [1.82, 2.24) is 0 Å². The van der Waals surface area contributed by atoms with Crippen LogP contribution in [0.1, 0.15) is 35.4 Å². The van der Waals surface area contributed by atoms with Crippen LogP contribution in [0.3, 0.4) is 0 Å². The topological polar surface area (TPSA) is 91.8 Å².